The molecule has 0 aromatic heterocycles. The molecule has 0 aliphatic rings. The smallest absolute Gasteiger partial charge is 1.00 e. The maximum absolute atomic E-state index is 2.20. The quantitative estimate of drug-likeness (QED) is 0.353. The third kappa shape index (κ3) is 3.63. The molecule has 0 unspecified atom stereocenters. The van der Waals surface area contributed by atoms with E-state index in [4.69, 9.17) is 0 Å². The van der Waals surface area contributed by atoms with Crippen molar-refractivity contribution >= 4 is 10.8 Å². The second kappa shape index (κ2) is 6.88. The molecule has 0 aliphatic carbocycles. The van der Waals surface area contributed by atoms with Crippen LogP contribution in [0.4, 0.5) is 0 Å². The molecular weight excluding hydrogens is 328 g/mol. The first-order valence-corrected chi connectivity index (χ1v) is 3.48. The van der Waals surface area contributed by atoms with Crippen LogP contribution in [0.5, 0.6) is 0 Å². The van der Waals surface area contributed by atoms with Crippen LogP contribution < -0.4 is 34.0 Å². The summed E-state index contributed by atoms with van der Waals surface area (Å²) in [5.74, 6) is 0. The van der Waals surface area contributed by atoms with Crippen molar-refractivity contribution in [3.63, 3.8) is 0 Å². The first kappa shape index (κ1) is 16.0. The second-order valence-electron chi connectivity index (χ2n) is 2.66. The molecule has 2 aromatic carbocycles. The van der Waals surface area contributed by atoms with E-state index in [1.807, 2.05) is 0 Å². The average Bonchev–Trinajstić information content (AvgIpc) is 2.27. The van der Waals surface area contributed by atoms with Crippen molar-refractivity contribution in [3.05, 3.63) is 42.0 Å². The van der Waals surface area contributed by atoms with Gasteiger partial charge in [-0.25, -0.2) is 0 Å². The van der Waals surface area contributed by atoms with Gasteiger partial charge in [-0.2, -0.15) is 6.07 Å². The molecule has 1 radical (unpaired) electrons. The Balaban J connectivity index is 0. The predicted octanol–water partition coefficient (Wildman–Crippen LogP) is -3.13. The summed E-state index contributed by atoms with van der Waals surface area (Å²) in [5, 5.41) is 2.69. The van der Waals surface area contributed by atoms with Gasteiger partial charge in [0.2, 0.25) is 0 Å². The summed E-state index contributed by atoms with van der Waals surface area (Å²) in [5.41, 5.74) is 1.35. The van der Waals surface area contributed by atoms with Crippen molar-refractivity contribution in [1.82, 2.24) is 0 Å². The number of fused-ring (bicyclic) bond motifs is 1. The van der Waals surface area contributed by atoms with E-state index in [0.717, 1.165) is 0 Å². The van der Waals surface area contributed by atoms with E-state index in [-0.39, 0.29) is 55.7 Å². The maximum Gasteiger partial charge on any atom is 3.00 e. The molecule has 3 heteroatoms. The van der Waals surface area contributed by atoms with E-state index in [1.54, 1.807) is 0 Å². The summed E-state index contributed by atoms with van der Waals surface area (Å²) >= 11 is 0. The first-order chi connectivity index (χ1) is 4.86. The Morgan fingerprint density at radius 2 is 1.69 bits per heavy atom. The molecular formula is C10H9Br2Ti. The largest absolute Gasteiger partial charge is 3.00 e. The molecule has 0 saturated carbocycles. The average molecular weight is 337 g/mol. The molecule has 0 atom stereocenters. The minimum Gasteiger partial charge on any atom is -1.00 e. The summed E-state index contributed by atoms with van der Waals surface area (Å²) < 4.78 is 0. The van der Waals surface area contributed by atoms with Crippen LogP contribution in [0.25, 0.3) is 10.8 Å². The molecule has 67 valence electrons. The van der Waals surface area contributed by atoms with Crippen molar-refractivity contribution in [2.45, 2.75) is 6.92 Å². The maximum atomic E-state index is 2.20. The number of benzene rings is 1. The summed E-state index contributed by atoms with van der Waals surface area (Å²) in [6.45, 7) is 2.12. The van der Waals surface area contributed by atoms with Crippen molar-refractivity contribution in [3.8, 4) is 0 Å². The molecule has 13 heavy (non-hydrogen) atoms. The predicted molar refractivity (Wildman–Crippen MR) is 44.3 cm³/mol. The number of hydrogen-bond donors (Lipinski definition) is 0. The molecule has 0 amide bonds. The number of aryl methyl sites for hydroxylation is 1. The van der Waals surface area contributed by atoms with Crippen LogP contribution in [0.2, 0.25) is 0 Å². The van der Waals surface area contributed by atoms with Crippen LogP contribution in [0.15, 0.2) is 36.4 Å². The second-order valence-corrected chi connectivity index (χ2v) is 2.66. The Bertz CT molecular complexity index is 321. The third-order valence-corrected chi connectivity index (χ3v) is 1.76. The molecule has 0 heterocycles. The molecule has 0 aliphatic heterocycles. The summed E-state index contributed by atoms with van der Waals surface area (Å²) in [7, 11) is 0. The van der Waals surface area contributed by atoms with Crippen molar-refractivity contribution < 1.29 is 55.7 Å². The fourth-order valence-electron chi connectivity index (χ4n) is 1.31. The Morgan fingerprint density at radius 3 is 2.31 bits per heavy atom. The Kier molecular flexibility index (Phi) is 8.45. The van der Waals surface area contributed by atoms with Gasteiger partial charge in [0.1, 0.15) is 0 Å². The van der Waals surface area contributed by atoms with Gasteiger partial charge in [0, 0.05) is 0 Å². The fourth-order valence-corrected chi connectivity index (χ4v) is 1.31. The zero-order valence-corrected chi connectivity index (χ0v) is 12.0. The van der Waals surface area contributed by atoms with E-state index in [0.29, 0.717) is 0 Å². The molecule has 2 rings (SSSR count). The zero-order valence-electron chi connectivity index (χ0n) is 7.22. The van der Waals surface area contributed by atoms with Gasteiger partial charge < -0.3 is 34.0 Å². The Hall–Kier alpha value is 0.504. The van der Waals surface area contributed by atoms with Gasteiger partial charge in [-0.05, 0) is 0 Å². The SMILES string of the molecule is Cc1cc2ccccc2[cH-]1.[Br-].[Br-].[Ti+3]. The fraction of sp³-hybridized carbons (Fsp3) is 0.100. The van der Waals surface area contributed by atoms with Gasteiger partial charge in [0.05, 0.1) is 0 Å². The van der Waals surface area contributed by atoms with Crippen LogP contribution >= 0.6 is 0 Å². The van der Waals surface area contributed by atoms with E-state index < -0.39 is 0 Å². The monoisotopic (exact) mass is 335 g/mol. The third-order valence-electron chi connectivity index (χ3n) is 1.76. The van der Waals surface area contributed by atoms with Gasteiger partial charge in [0.15, 0.2) is 0 Å². The topological polar surface area (TPSA) is 0 Å². The van der Waals surface area contributed by atoms with E-state index in [2.05, 4.69) is 43.3 Å². The standard InChI is InChI=1S/C10H9.2BrH.Ti/c1-8-6-9-4-2-3-5-10(9)7-8;;;/h2-7H,1H3;2*1H;/q-1;;;+3/p-2. The van der Waals surface area contributed by atoms with Crippen LogP contribution in [0.1, 0.15) is 5.56 Å². The van der Waals surface area contributed by atoms with Gasteiger partial charge >= 0.3 is 21.7 Å². The van der Waals surface area contributed by atoms with Gasteiger partial charge in [-0.1, -0.05) is 13.0 Å². The van der Waals surface area contributed by atoms with Crippen LogP contribution in [0, 0.1) is 6.92 Å². The van der Waals surface area contributed by atoms with E-state index in [9.17, 15) is 0 Å². The zero-order chi connectivity index (χ0) is 6.97. The van der Waals surface area contributed by atoms with Crippen molar-refractivity contribution in [1.29, 1.82) is 0 Å². The molecule has 0 N–H and O–H groups in total. The molecule has 2 aromatic rings. The normalized spacial score (nSPS) is 8.08. The number of hydrogen-bond acceptors (Lipinski definition) is 0. The Morgan fingerprint density at radius 1 is 1.08 bits per heavy atom. The summed E-state index contributed by atoms with van der Waals surface area (Å²) in [4.78, 5) is 0. The molecule has 0 saturated heterocycles. The molecule has 0 fully saturated rings. The van der Waals surface area contributed by atoms with Crippen molar-refractivity contribution in [2.75, 3.05) is 0 Å². The number of rotatable bonds is 0. The number of halogens is 2. The van der Waals surface area contributed by atoms with E-state index in [1.165, 1.54) is 16.3 Å². The minimum absolute atomic E-state index is 0. The summed E-state index contributed by atoms with van der Waals surface area (Å²) in [6.07, 6.45) is 0. The van der Waals surface area contributed by atoms with Gasteiger partial charge in [0.25, 0.3) is 0 Å². The molecule has 0 bridgehead atoms. The van der Waals surface area contributed by atoms with Gasteiger partial charge in [-0.3, -0.25) is 0 Å². The van der Waals surface area contributed by atoms with Crippen LogP contribution in [0.3, 0.4) is 0 Å². The van der Waals surface area contributed by atoms with Crippen LogP contribution in [-0.4, -0.2) is 0 Å². The summed E-state index contributed by atoms with van der Waals surface area (Å²) in [6, 6.07) is 12.8. The van der Waals surface area contributed by atoms with E-state index >= 15 is 0 Å². The van der Waals surface area contributed by atoms with Gasteiger partial charge in [-0.15, -0.1) is 40.6 Å². The van der Waals surface area contributed by atoms with Crippen LogP contribution in [-0.2, 0) is 21.7 Å². The Labute approximate surface area is 114 Å². The minimum atomic E-state index is 0. The van der Waals surface area contributed by atoms with Crippen molar-refractivity contribution in [2.24, 2.45) is 0 Å². The first-order valence-electron chi connectivity index (χ1n) is 3.48. The molecule has 0 nitrogen and oxygen atoms in total. The molecule has 0 spiro atoms.